The number of fused-ring (bicyclic) bond motifs is 1. The number of anilines is 3. The zero-order chi connectivity index (χ0) is 14.1. The molecule has 0 saturated heterocycles. The predicted octanol–water partition coefficient (Wildman–Crippen LogP) is 4.35. The molecule has 0 unspecified atom stereocenters. The first-order valence-corrected chi connectivity index (χ1v) is 6.39. The predicted molar refractivity (Wildman–Crippen MR) is 80.8 cm³/mol. The monoisotopic (exact) mass is 287 g/mol. The number of nitrogens with zero attached hydrogens (tertiary/aromatic N) is 1. The molecule has 3 rings (SSSR count). The van der Waals surface area contributed by atoms with E-state index in [0.717, 1.165) is 11.1 Å². The number of pyridine rings is 1. The molecule has 100 valence electrons. The third-order valence-corrected chi connectivity index (χ3v) is 3.31. The van der Waals surface area contributed by atoms with Crippen molar-refractivity contribution in [3.8, 4) is 0 Å². The first kappa shape index (κ1) is 12.7. The zero-order valence-electron chi connectivity index (χ0n) is 10.4. The Balaban J connectivity index is 2.12. The Bertz CT molecular complexity index is 789. The molecule has 0 atom stereocenters. The minimum Gasteiger partial charge on any atom is -0.397 e. The van der Waals surface area contributed by atoms with Gasteiger partial charge in [-0.15, -0.1) is 0 Å². The van der Waals surface area contributed by atoms with Gasteiger partial charge in [0.15, 0.2) is 5.82 Å². The maximum absolute atomic E-state index is 13.9. The number of nitrogens with one attached hydrogen (secondary N) is 1. The van der Waals surface area contributed by atoms with Gasteiger partial charge >= 0.3 is 0 Å². The van der Waals surface area contributed by atoms with E-state index in [9.17, 15) is 4.39 Å². The highest BCUT2D eigenvalue weighted by atomic mass is 35.5. The van der Waals surface area contributed by atoms with E-state index in [1.54, 1.807) is 36.5 Å². The smallest absolute Gasteiger partial charge is 0.165 e. The Labute approximate surface area is 120 Å². The number of halogens is 2. The van der Waals surface area contributed by atoms with Crippen LogP contribution in [-0.4, -0.2) is 4.98 Å². The molecule has 3 N–H and O–H groups in total. The van der Waals surface area contributed by atoms with Crippen molar-refractivity contribution < 1.29 is 4.39 Å². The van der Waals surface area contributed by atoms with E-state index in [-0.39, 0.29) is 5.02 Å². The quantitative estimate of drug-likeness (QED) is 0.689. The Morgan fingerprint density at radius 3 is 2.75 bits per heavy atom. The topological polar surface area (TPSA) is 50.9 Å². The average molecular weight is 288 g/mol. The number of hydrogen-bond acceptors (Lipinski definition) is 3. The second-order valence-electron chi connectivity index (χ2n) is 4.33. The summed E-state index contributed by atoms with van der Waals surface area (Å²) in [6.45, 7) is 0. The molecule has 0 fully saturated rings. The number of nitrogen functional groups attached to an aromatic ring is 1. The number of nitrogens with two attached hydrogens (primary N) is 1. The molecule has 1 heterocycles. The van der Waals surface area contributed by atoms with Gasteiger partial charge in [-0.25, -0.2) is 4.39 Å². The summed E-state index contributed by atoms with van der Waals surface area (Å²) >= 11 is 5.78. The normalized spacial score (nSPS) is 10.7. The van der Waals surface area contributed by atoms with E-state index in [1.165, 1.54) is 6.07 Å². The van der Waals surface area contributed by atoms with E-state index in [1.807, 2.05) is 6.07 Å². The zero-order valence-corrected chi connectivity index (χ0v) is 11.2. The molecular weight excluding hydrogens is 277 g/mol. The highest BCUT2D eigenvalue weighted by Gasteiger charge is 2.09. The van der Waals surface area contributed by atoms with Gasteiger partial charge in [0.05, 0.1) is 21.9 Å². The lowest BCUT2D eigenvalue weighted by atomic mass is 10.1. The molecule has 0 aliphatic heterocycles. The Kier molecular flexibility index (Phi) is 3.16. The van der Waals surface area contributed by atoms with Crippen LogP contribution in [0.2, 0.25) is 5.02 Å². The van der Waals surface area contributed by atoms with E-state index < -0.39 is 5.82 Å². The van der Waals surface area contributed by atoms with Gasteiger partial charge < -0.3 is 11.1 Å². The van der Waals surface area contributed by atoms with Gasteiger partial charge in [-0.2, -0.15) is 0 Å². The van der Waals surface area contributed by atoms with E-state index >= 15 is 0 Å². The number of aromatic nitrogens is 1. The molecule has 20 heavy (non-hydrogen) atoms. The van der Waals surface area contributed by atoms with Crippen LogP contribution >= 0.6 is 11.6 Å². The Hall–Kier alpha value is -2.33. The van der Waals surface area contributed by atoms with Gasteiger partial charge in [-0.05, 0) is 36.4 Å². The molecular formula is C15H11ClFN3. The van der Waals surface area contributed by atoms with Crippen molar-refractivity contribution in [3.63, 3.8) is 0 Å². The van der Waals surface area contributed by atoms with Crippen LogP contribution in [0.5, 0.6) is 0 Å². The van der Waals surface area contributed by atoms with Crippen molar-refractivity contribution >= 4 is 39.6 Å². The Morgan fingerprint density at radius 1 is 1.05 bits per heavy atom. The van der Waals surface area contributed by atoms with Crippen LogP contribution in [0, 0.1) is 5.82 Å². The van der Waals surface area contributed by atoms with Crippen LogP contribution in [0.4, 0.5) is 21.5 Å². The van der Waals surface area contributed by atoms with Crippen molar-refractivity contribution in [1.82, 2.24) is 4.98 Å². The third kappa shape index (κ3) is 2.14. The lowest BCUT2D eigenvalue weighted by molar-refractivity contribution is 0.632. The van der Waals surface area contributed by atoms with Crippen molar-refractivity contribution in [2.75, 3.05) is 11.1 Å². The summed E-state index contributed by atoms with van der Waals surface area (Å²) in [5, 5.41) is 3.93. The molecule has 0 radical (unpaired) electrons. The SMILES string of the molecule is Nc1ccc(Nc2cccc(Cl)c2F)c2cccnc12. The van der Waals surface area contributed by atoms with Crippen molar-refractivity contribution in [2.24, 2.45) is 0 Å². The molecule has 2 aromatic carbocycles. The molecule has 0 amide bonds. The second-order valence-corrected chi connectivity index (χ2v) is 4.74. The van der Waals surface area contributed by atoms with Crippen LogP contribution in [0.15, 0.2) is 48.7 Å². The molecule has 0 saturated carbocycles. The minimum atomic E-state index is -0.483. The van der Waals surface area contributed by atoms with Crippen molar-refractivity contribution in [3.05, 3.63) is 59.5 Å². The molecule has 3 aromatic rings. The van der Waals surface area contributed by atoms with E-state index in [4.69, 9.17) is 17.3 Å². The molecule has 1 aromatic heterocycles. The summed E-state index contributed by atoms with van der Waals surface area (Å²) < 4.78 is 13.9. The largest absolute Gasteiger partial charge is 0.397 e. The first-order valence-electron chi connectivity index (χ1n) is 6.01. The van der Waals surface area contributed by atoms with Crippen LogP contribution in [0.1, 0.15) is 0 Å². The second kappa shape index (κ2) is 4.98. The maximum atomic E-state index is 13.9. The van der Waals surface area contributed by atoms with Gasteiger partial charge in [0.2, 0.25) is 0 Å². The lowest BCUT2D eigenvalue weighted by Gasteiger charge is -2.12. The summed E-state index contributed by atoms with van der Waals surface area (Å²) in [6.07, 6.45) is 1.67. The van der Waals surface area contributed by atoms with E-state index in [2.05, 4.69) is 10.3 Å². The van der Waals surface area contributed by atoms with Gasteiger partial charge in [0.25, 0.3) is 0 Å². The lowest BCUT2D eigenvalue weighted by Crippen LogP contribution is -1.97. The summed E-state index contributed by atoms with van der Waals surface area (Å²) in [5.74, 6) is -0.483. The van der Waals surface area contributed by atoms with E-state index in [0.29, 0.717) is 16.9 Å². The number of rotatable bonds is 2. The number of benzene rings is 2. The molecule has 0 aliphatic rings. The molecule has 3 nitrogen and oxygen atoms in total. The standard InChI is InChI=1S/C15H11ClFN3/c16-10-4-1-5-13(14(10)17)20-12-7-6-11(18)15-9(12)3-2-8-19-15/h1-8,20H,18H2. The fraction of sp³-hybridized carbons (Fsp3) is 0. The van der Waals surface area contributed by atoms with Crippen LogP contribution in [-0.2, 0) is 0 Å². The minimum absolute atomic E-state index is 0.0767. The van der Waals surface area contributed by atoms with Crippen molar-refractivity contribution in [1.29, 1.82) is 0 Å². The summed E-state index contributed by atoms with van der Waals surface area (Å²) in [4.78, 5) is 4.24. The summed E-state index contributed by atoms with van der Waals surface area (Å²) in [5.41, 5.74) is 8.19. The molecule has 0 bridgehead atoms. The molecule has 0 spiro atoms. The third-order valence-electron chi connectivity index (χ3n) is 3.02. The highest BCUT2D eigenvalue weighted by molar-refractivity contribution is 6.31. The van der Waals surface area contributed by atoms with Gasteiger partial charge in [-0.1, -0.05) is 17.7 Å². The summed E-state index contributed by atoms with van der Waals surface area (Å²) in [7, 11) is 0. The van der Waals surface area contributed by atoms with Crippen LogP contribution in [0.3, 0.4) is 0 Å². The molecule has 5 heteroatoms. The molecule has 0 aliphatic carbocycles. The Morgan fingerprint density at radius 2 is 1.90 bits per heavy atom. The van der Waals surface area contributed by atoms with Crippen LogP contribution < -0.4 is 11.1 Å². The average Bonchev–Trinajstić information content (AvgIpc) is 2.47. The maximum Gasteiger partial charge on any atom is 0.165 e. The highest BCUT2D eigenvalue weighted by Crippen LogP contribution is 2.31. The fourth-order valence-corrected chi connectivity index (χ4v) is 2.22. The van der Waals surface area contributed by atoms with Crippen molar-refractivity contribution in [2.45, 2.75) is 0 Å². The van der Waals surface area contributed by atoms with Gasteiger partial charge in [0, 0.05) is 17.3 Å². The van der Waals surface area contributed by atoms with Crippen LogP contribution in [0.25, 0.3) is 10.9 Å². The fourth-order valence-electron chi connectivity index (χ4n) is 2.05. The van der Waals surface area contributed by atoms with Gasteiger partial charge in [0.1, 0.15) is 0 Å². The van der Waals surface area contributed by atoms with Gasteiger partial charge in [-0.3, -0.25) is 4.98 Å². The number of hydrogen-bond donors (Lipinski definition) is 2. The summed E-state index contributed by atoms with van der Waals surface area (Å²) in [6, 6.07) is 12.0. The first-order chi connectivity index (χ1) is 9.66.